The molecule has 0 saturated carbocycles. The zero-order chi connectivity index (χ0) is 11.8. The first-order chi connectivity index (χ1) is 8.27. The Labute approximate surface area is 98.6 Å². The molecular weight excluding hydrogens is 214 g/mol. The summed E-state index contributed by atoms with van der Waals surface area (Å²) in [7, 11) is 0. The van der Waals surface area contributed by atoms with Gasteiger partial charge in [0.2, 0.25) is 11.8 Å². The van der Waals surface area contributed by atoms with Crippen molar-refractivity contribution < 1.29 is 9.59 Å². The van der Waals surface area contributed by atoms with Crippen LogP contribution in [0.2, 0.25) is 0 Å². The van der Waals surface area contributed by atoms with E-state index in [1.54, 1.807) is 0 Å². The second-order valence-electron chi connectivity index (χ2n) is 4.12. The third-order valence-electron chi connectivity index (χ3n) is 3.06. The van der Waals surface area contributed by atoms with Gasteiger partial charge in [-0.25, -0.2) is 4.90 Å². The minimum absolute atomic E-state index is 0.105. The highest BCUT2D eigenvalue weighted by Crippen LogP contribution is 2.30. The van der Waals surface area contributed by atoms with Gasteiger partial charge in [0, 0.05) is 18.2 Å². The van der Waals surface area contributed by atoms with Crippen molar-refractivity contribution in [2.45, 2.75) is 12.8 Å². The number of carbonyl (C=O) groups is 2. The molecule has 1 fully saturated rings. The summed E-state index contributed by atoms with van der Waals surface area (Å²) >= 11 is 0. The lowest BCUT2D eigenvalue weighted by Crippen LogP contribution is -2.28. The molecule has 1 aliphatic heterocycles. The Bertz CT molecular complexity index is 597. The number of hydrogen-bond donors (Lipinski definition) is 0. The third kappa shape index (κ3) is 1.51. The summed E-state index contributed by atoms with van der Waals surface area (Å²) in [6.07, 6.45) is 0.643. The molecule has 2 amide bonds. The first kappa shape index (κ1) is 10.0. The van der Waals surface area contributed by atoms with E-state index in [2.05, 4.69) is 0 Å². The number of amides is 2. The lowest BCUT2D eigenvalue weighted by atomic mass is 10.1. The molecule has 0 aromatic heterocycles. The van der Waals surface area contributed by atoms with Gasteiger partial charge in [0.25, 0.3) is 0 Å². The van der Waals surface area contributed by atoms with Gasteiger partial charge in [0.1, 0.15) is 0 Å². The topological polar surface area (TPSA) is 37.4 Å². The molecule has 84 valence electrons. The predicted octanol–water partition coefficient (Wildman–Crippen LogP) is 2.49. The monoisotopic (exact) mass is 225 g/mol. The van der Waals surface area contributed by atoms with E-state index in [1.165, 1.54) is 4.90 Å². The normalized spacial score (nSPS) is 15.9. The van der Waals surface area contributed by atoms with E-state index >= 15 is 0 Å². The molecule has 0 spiro atoms. The van der Waals surface area contributed by atoms with Gasteiger partial charge < -0.3 is 0 Å². The number of carbonyl (C=O) groups excluding carboxylic acids is 2. The second kappa shape index (κ2) is 3.70. The summed E-state index contributed by atoms with van der Waals surface area (Å²) < 4.78 is 0. The Balaban J connectivity index is 2.23. The Morgan fingerprint density at radius 2 is 1.47 bits per heavy atom. The van der Waals surface area contributed by atoms with Crippen LogP contribution in [0.25, 0.3) is 10.8 Å². The van der Waals surface area contributed by atoms with Crippen LogP contribution in [-0.4, -0.2) is 11.8 Å². The Hall–Kier alpha value is -2.16. The highest BCUT2D eigenvalue weighted by Gasteiger charge is 2.30. The Morgan fingerprint density at radius 1 is 0.824 bits per heavy atom. The number of rotatable bonds is 1. The lowest BCUT2D eigenvalue weighted by Gasteiger charge is -2.16. The molecule has 1 aliphatic rings. The van der Waals surface area contributed by atoms with Crippen LogP contribution < -0.4 is 4.90 Å². The predicted molar refractivity (Wildman–Crippen MR) is 65.7 cm³/mol. The molecule has 17 heavy (non-hydrogen) atoms. The molecule has 3 nitrogen and oxygen atoms in total. The molecule has 2 aromatic rings. The zero-order valence-electron chi connectivity index (χ0n) is 9.22. The smallest absolute Gasteiger partial charge is 0.234 e. The van der Waals surface area contributed by atoms with Crippen molar-refractivity contribution in [1.82, 2.24) is 0 Å². The lowest BCUT2D eigenvalue weighted by molar-refractivity contribution is -0.121. The standard InChI is InChI=1S/C14H11NO2/c16-13-8-9-14(17)15(13)12-7-3-5-10-4-1-2-6-11(10)12/h1-7H,8-9H2. The maximum absolute atomic E-state index is 11.7. The van der Waals surface area contributed by atoms with E-state index in [0.717, 1.165) is 10.8 Å². The van der Waals surface area contributed by atoms with Gasteiger partial charge in [-0.05, 0) is 11.5 Å². The average molecular weight is 225 g/mol. The van der Waals surface area contributed by atoms with Crippen molar-refractivity contribution in [3.05, 3.63) is 42.5 Å². The van der Waals surface area contributed by atoms with E-state index in [0.29, 0.717) is 18.5 Å². The second-order valence-corrected chi connectivity index (χ2v) is 4.12. The van der Waals surface area contributed by atoms with E-state index in [1.807, 2.05) is 42.5 Å². The SMILES string of the molecule is O=C1CCC(=O)N1c1cccc2ccccc12. The first-order valence-corrected chi connectivity index (χ1v) is 5.61. The van der Waals surface area contributed by atoms with Crippen LogP contribution in [0, 0.1) is 0 Å². The molecular formula is C14H11NO2. The van der Waals surface area contributed by atoms with Gasteiger partial charge >= 0.3 is 0 Å². The van der Waals surface area contributed by atoms with Gasteiger partial charge in [-0.2, -0.15) is 0 Å². The highest BCUT2D eigenvalue weighted by atomic mass is 16.2. The maximum Gasteiger partial charge on any atom is 0.234 e. The molecule has 3 heteroatoms. The minimum Gasteiger partial charge on any atom is -0.274 e. The van der Waals surface area contributed by atoms with Crippen LogP contribution in [0.1, 0.15) is 12.8 Å². The van der Waals surface area contributed by atoms with Gasteiger partial charge in [0.05, 0.1) is 5.69 Å². The largest absolute Gasteiger partial charge is 0.274 e. The average Bonchev–Trinajstić information content (AvgIpc) is 2.69. The summed E-state index contributed by atoms with van der Waals surface area (Å²) in [5, 5.41) is 1.98. The van der Waals surface area contributed by atoms with E-state index in [-0.39, 0.29) is 11.8 Å². The van der Waals surface area contributed by atoms with Crippen molar-refractivity contribution >= 4 is 28.3 Å². The minimum atomic E-state index is -0.105. The van der Waals surface area contributed by atoms with Crippen molar-refractivity contribution in [3.63, 3.8) is 0 Å². The number of imide groups is 1. The summed E-state index contributed by atoms with van der Waals surface area (Å²) in [4.78, 5) is 24.8. The summed E-state index contributed by atoms with van der Waals surface area (Å²) in [6.45, 7) is 0. The van der Waals surface area contributed by atoms with Gasteiger partial charge in [-0.3, -0.25) is 9.59 Å². The molecule has 2 aromatic carbocycles. The summed E-state index contributed by atoms with van der Waals surface area (Å²) in [5.41, 5.74) is 0.704. The molecule has 3 rings (SSSR count). The van der Waals surface area contributed by atoms with Crippen LogP contribution in [0.3, 0.4) is 0 Å². The fourth-order valence-electron chi connectivity index (χ4n) is 2.25. The van der Waals surface area contributed by atoms with Gasteiger partial charge in [-0.1, -0.05) is 36.4 Å². The fourth-order valence-corrected chi connectivity index (χ4v) is 2.25. The zero-order valence-corrected chi connectivity index (χ0v) is 9.22. The van der Waals surface area contributed by atoms with Crippen LogP contribution in [0.4, 0.5) is 5.69 Å². The molecule has 1 saturated heterocycles. The summed E-state index contributed by atoms with van der Waals surface area (Å²) in [5.74, 6) is -0.210. The van der Waals surface area contributed by atoms with Crippen LogP contribution >= 0.6 is 0 Å². The van der Waals surface area contributed by atoms with Crippen LogP contribution in [0.15, 0.2) is 42.5 Å². The van der Waals surface area contributed by atoms with Crippen molar-refractivity contribution in [2.75, 3.05) is 4.90 Å². The Kier molecular flexibility index (Phi) is 2.18. The van der Waals surface area contributed by atoms with E-state index in [4.69, 9.17) is 0 Å². The third-order valence-corrected chi connectivity index (χ3v) is 3.06. The number of fused-ring (bicyclic) bond motifs is 1. The molecule has 0 radical (unpaired) electrons. The van der Waals surface area contributed by atoms with Crippen molar-refractivity contribution in [3.8, 4) is 0 Å². The summed E-state index contributed by atoms with van der Waals surface area (Å²) in [6, 6.07) is 13.4. The highest BCUT2D eigenvalue weighted by molar-refractivity contribution is 6.23. The molecule has 1 heterocycles. The number of benzene rings is 2. The molecule has 0 atom stereocenters. The van der Waals surface area contributed by atoms with Crippen molar-refractivity contribution in [1.29, 1.82) is 0 Å². The fraction of sp³-hybridized carbons (Fsp3) is 0.143. The van der Waals surface area contributed by atoms with E-state index < -0.39 is 0 Å². The van der Waals surface area contributed by atoms with Gasteiger partial charge in [-0.15, -0.1) is 0 Å². The number of anilines is 1. The van der Waals surface area contributed by atoms with E-state index in [9.17, 15) is 9.59 Å². The van der Waals surface area contributed by atoms with Gasteiger partial charge in [0.15, 0.2) is 0 Å². The molecule has 0 N–H and O–H groups in total. The number of hydrogen-bond acceptors (Lipinski definition) is 2. The quantitative estimate of drug-likeness (QED) is 0.699. The molecule has 0 unspecified atom stereocenters. The molecule has 0 bridgehead atoms. The number of nitrogens with zero attached hydrogens (tertiary/aromatic N) is 1. The van der Waals surface area contributed by atoms with Crippen LogP contribution in [0.5, 0.6) is 0 Å². The molecule has 0 aliphatic carbocycles. The Morgan fingerprint density at radius 3 is 2.24 bits per heavy atom. The maximum atomic E-state index is 11.7. The van der Waals surface area contributed by atoms with Crippen LogP contribution in [-0.2, 0) is 9.59 Å². The first-order valence-electron chi connectivity index (χ1n) is 5.61. The van der Waals surface area contributed by atoms with Crippen molar-refractivity contribution in [2.24, 2.45) is 0 Å².